The van der Waals surface area contributed by atoms with Crippen molar-refractivity contribution in [1.82, 2.24) is 5.32 Å². The number of rotatable bonds is 8. The quantitative estimate of drug-likeness (QED) is 0.434. The molecule has 5 nitrogen and oxygen atoms in total. The topological polar surface area (TPSA) is 62.6 Å². The summed E-state index contributed by atoms with van der Waals surface area (Å²) in [4.78, 5) is 27.3. The van der Waals surface area contributed by atoms with Crippen LogP contribution in [0.3, 0.4) is 0 Å². The number of amides is 2. The second-order valence-electron chi connectivity index (χ2n) is 7.44. The summed E-state index contributed by atoms with van der Waals surface area (Å²) in [5.41, 5.74) is 3.32. The molecule has 32 heavy (non-hydrogen) atoms. The van der Waals surface area contributed by atoms with Crippen molar-refractivity contribution in [2.75, 3.05) is 4.90 Å². The minimum atomic E-state index is -0.0874. The summed E-state index contributed by atoms with van der Waals surface area (Å²) < 4.78 is 5.23. The van der Waals surface area contributed by atoms with E-state index < -0.39 is 0 Å². The highest BCUT2D eigenvalue weighted by atomic mass is 16.3. The molecule has 0 aliphatic rings. The minimum Gasteiger partial charge on any atom is -0.467 e. The van der Waals surface area contributed by atoms with Crippen LogP contribution >= 0.6 is 0 Å². The van der Waals surface area contributed by atoms with Crippen molar-refractivity contribution in [3.05, 3.63) is 126 Å². The van der Waals surface area contributed by atoms with Gasteiger partial charge in [-0.25, -0.2) is 0 Å². The molecule has 0 aliphatic heterocycles. The first kappa shape index (κ1) is 21.1. The summed E-state index contributed by atoms with van der Waals surface area (Å²) in [5.74, 6) is 0.554. The van der Waals surface area contributed by atoms with Crippen molar-refractivity contribution < 1.29 is 14.0 Å². The summed E-state index contributed by atoms with van der Waals surface area (Å²) in [6.45, 7) is 0.817. The third kappa shape index (κ3) is 5.52. The highest BCUT2D eigenvalue weighted by molar-refractivity contribution is 6.06. The molecule has 160 valence electrons. The normalized spacial score (nSPS) is 10.5. The zero-order valence-corrected chi connectivity index (χ0v) is 17.6. The predicted molar refractivity (Wildman–Crippen MR) is 124 cm³/mol. The van der Waals surface area contributed by atoms with E-state index in [1.54, 1.807) is 17.2 Å². The van der Waals surface area contributed by atoms with Gasteiger partial charge in [0.2, 0.25) is 5.91 Å². The SMILES string of the molecule is O=C(Cc1ccc(N(Cc2ccccc2)C(=O)c2ccccc2)cc1)NCc1ccco1. The Bertz CT molecular complexity index is 1140. The van der Waals surface area contributed by atoms with E-state index in [-0.39, 0.29) is 18.2 Å². The largest absolute Gasteiger partial charge is 0.467 e. The van der Waals surface area contributed by atoms with Crippen LogP contribution in [0.15, 0.2) is 108 Å². The summed E-state index contributed by atoms with van der Waals surface area (Å²) in [6.07, 6.45) is 1.84. The molecule has 1 heterocycles. The monoisotopic (exact) mass is 424 g/mol. The van der Waals surface area contributed by atoms with Crippen molar-refractivity contribution in [2.24, 2.45) is 0 Å². The van der Waals surface area contributed by atoms with E-state index in [0.29, 0.717) is 24.4 Å². The Hall–Kier alpha value is -4.12. The molecule has 3 aromatic carbocycles. The molecule has 1 N–H and O–H groups in total. The predicted octanol–water partition coefficient (Wildman–Crippen LogP) is 4.99. The molecular weight excluding hydrogens is 400 g/mol. The number of carbonyl (C=O) groups is 2. The molecule has 5 heteroatoms. The number of carbonyl (C=O) groups excluding carboxylic acids is 2. The van der Waals surface area contributed by atoms with Crippen LogP contribution in [0.5, 0.6) is 0 Å². The van der Waals surface area contributed by atoms with Crippen LogP contribution in [0.1, 0.15) is 27.2 Å². The van der Waals surface area contributed by atoms with Gasteiger partial charge in [0.05, 0.1) is 25.8 Å². The molecule has 0 aliphatic carbocycles. The van der Waals surface area contributed by atoms with Gasteiger partial charge in [0.1, 0.15) is 5.76 Å². The second-order valence-corrected chi connectivity index (χ2v) is 7.44. The summed E-state index contributed by atoms with van der Waals surface area (Å²) >= 11 is 0. The molecule has 0 fully saturated rings. The maximum atomic E-state index is 13.3. The summed E-state index contributed by atoms with van der Waals surface area (Å²) in [6, 6.07) is 30.3. The summed E-state index contributed by atoms with van der Waals surface area (Å²) in [7, 11) is 0. The molecule has 2 amide bonds. The zero-order valence-electron chi connectivity index (χ0n) is 17.6. The lowest BCUT2D eigenvalue weighted by atomic mass is 10.1. The molecule has 1 aromatic heterocycles. The average molecular weight is 425 g/mol. The smallest absolute Gasteiger partial charge is 0.258 e. The van der Waals surface area contributed by atoms with Crippen LogP contribution in [-0.2, 0) is 24.3 Å². The van der Waals surface area contributed by atoms with Gasteiger partial charge in [-0.05, 0) is 47.5 Å². The molecule has 0 bridgehead atoms. The van der Waals surface area contributed by atoms with Gasteiger partial charge >= 0.3 is 0 Å². The molecular formula is C27H24N2O3. The van der Waals surface area contributed by atoms with Crippen LogP contribution < -0.4 is 10.2 Å². The van der Waals surface area contributed by atoms with E-state index in [4.69, 9.17) is 4.42 Å². The van der Waals surface area contributed by atoms with E-state index >= 15 is 0 Å². The summed E-state index contributed by atoms with van der Waals surface area (Å²) in [5, 5.41) is 2.85. The molecule has 0 saturated carbocycles. The number of anilines is 1. The molecule has 4 aromatic rings. The van der Waals surface area contributed by atoms with Crippen LogP contribution in [-0.4, -0.2) is 11.8 Å². The van der Waals surface area contributed by atoms with Crippen LogP contribution in [0.4, 0.5) is 5.69 Å². The fourth-order valence-corrected chi connectivity index (χ4v) is 3.42. The minimum absolute atomic E-state index is 0.0709. The van der Waals surface area contributed by atoms with Crippen molar-refractivity contribution in [1.29, 1.82) is 0 Å². The Morgan fingerprint density at radius 2 is 1.44 bits per heavy atom. The van der Waals surface area contributed by atoms with E-state index in [9.17, 15) is 9.59 Å². The van der Waals surface area contributed by atoms with Gasteiger partial charge in [-0.1, -0.05) is 60.7 Å². The molecule has 4 rings (SSSR count). The van der Waals surface area contributed by atoms with Gasteiger partial charge in [-0.3, -0.25) is 9.59 Å². The molecule has 0 saturated heterocycles. The van der Waals surface area contributed by atoms with Crippen LogP contribution in [0, 0.1) is 0 Å². The Balaban J connectivity index is 1.48. The zero-order chi connectivity index (χ0) is 22.2. The Morgan fingerprint density at radius 3 is 2.09 bits per heavy atom. The van der Waals surface area contributed by atoms with Crippen LogP contribution in [0.2, 0.25) is 0 Å². The van der Waals surface area contributed by atoms with Crippen molar-refractivity contribution in [3.63, 3.8) is 0 Å². The van der Waals surface area contributed by atoms with E-state index in [2.05, 4.69) is 5.32 Å². The first-order valence-corrected chi connectivity index (χ1v) is 10.5. The number of nitrogens with zero attached hydrogens (tertiary/aromatic N) is 1. The van der Waals surface area contributed by atoms with E-state index in [1.165, 1.54) is 0 Å². The fourth-order valence-electron chi connectivity index (χ4n) is 3.42. The molecule has 0 unspecified atom stereocenters. The molecule has 0 radical (unpaired) electrons. The first-order valence-electron chi connectivity index (χ1n) is 10.5. The van der Waals surface area contributed by atoms with Crippen molar-refractivity contribution in [2.45, 2.75) is 19.5 Å². The van der Waals surface area contributed by atoms with E-state index in [1.807, 2.05) is 91.0 Å². The third-order valence-electron chi connectivity index (χ3n) is 5.10. The highest BCUT2D eigenvalue weighted by Gasteiger charge is 2.18. The third-order valence-corrected chi connectivity index (χ3v) is 5.10. The standard InChI is InChI=1S/C27H24N2O3/c30-26(28-19-25-12-7-17-32-25)18-21-13-15-24(16-14-21)29(20-22-8-3-1-4-9-22)27(31)23-10-5-2-6-11-23/h1-17H,18-20H2,(H,28,30). The van der Waals surface area contributed by atoms with Gasteiger partial charge < -0.3 is 14.6 Å². The Morgan fingerprint density at radius 1 is 0.750 bits per heavy atom. The number of nitrogens with one attached hydrogen (secondary N) is 1. The van der Waals surface area contributed by atoms with Crippen LogP contribution in [0.25, 0.3) is 0 Å². The number of benzene rings is 3. The van der Waals surface area contributed by atoms with Crippen molar-refractivity contribution in [3.8, 4) is 0 Å². The van der Waals surface area contributed by atoms with E-state index in [0.717, 1.165) is 16.8 Å². The highest BCUT2D eigenvalue weighted by Crippen LogP contribution is 2.21. The number of hydrogen-bond acceptors (Lipinski definition) is 3. The first-order chi connectivity index (χ1) is 15.7. The lowest BCUT2D eigenvalue weighted by Gasteiger charge is -2.23. The Kier molecular flexibility index (Phi) is 6.78. The Labute approximate surface area is 187 Å². The van der Waals surface area contributed by atoms with Gasteiger partial charge in [0.15, 0.2) is 0 Å². The van der Waals surface area contributed by atoms with Crippen molar-refractivity contribution >= 4 is 17.5 Å². The molecule has 0 atom stereocenters. The maximum Gasteiger partial charge on any atom is 0.258 e. The second kappa shape index (κ2) is 10.3. The maximum absolute atomic E-state index is 13.3. The molecule has 0 spiro atoms. The lowest BCUT2D eigenvalue weighted by Crippen LogP contribution is -2.30. The van der Waals surface area contributed by atoms with Gasteiger partial charge in [-0.15, -0.1) is 0 Å². The average Bonchev–Trinajstić information content (AvgIpc) is 3.37. The fraction of sp³-hybridized carbons (Fsp3) is 0.111. The lowest BCUT2D eigenvalue weighted by molar-refractivity contribution is -0.120. The number of hydrogen-bond donors (Lipinski definition) is 1. The number of furan rings is 1. The van der Waals surface area contributed by atoms with Gasteiger partial charge in [0.25, 0.3) is 5.91 Å². The van der Waals surface area contributed by atoms with Gasteiger partial charge in [0, 0.05) is 11.3 Å². The van der Waals surface area contributed by atoms with Gasteiger partial charge in [-0.2, -0.15) is 0 Å².